The number of aromatic nitrogens is 2. The van der Waals surface area contributed by atoms with Crippen molar-refractivity contribution < 1.29 is 14.6 Å². The van der Waals surface area contributed by atoms with Crippen molar-refractivity contribution in [3.8, 4) is 5.88 Å². The van der Waals surface area contributed by atoms with Crippen LogP contribution in [-0.4, -0.2) is 40.2 Å². The number of hydrogen-bond acceptors (Lipinski definition) is 5. The van der Waals surface area contributed by atoms with Crippen molar-refractivity contribution in [3.05, 3.63) is 12.4 Å². The van der Waals surface area contributed by atoms with Gasteiger partial charge in [0.05, 0.1) is 18.5 Å². The summed E-state index contributed by atoms with van der Waals surface area (Å²) in [5.41, 5.74) is 0. The van der Waals surface area contributed by atoms with Crippen molar-refractivity contribution in [2.24, 2.45) is 5.92 Å². The maximum Gasteiger partial charge on any atom is 0.303 e. The molecule has 0 amide bonds. The highest BCUT2D eigenvalue weighted by Gasteiger charge is 2.23. The molecule has 1 N–H and O–H groups in total. The first-order valence-electron chi connectivity index (χ1n) is 7.00. The maximum absolute atomic E-state index is 10.8. The lowest BCUT2D eigenvalue weighted by atomic mass is 9.95. The number of nitrogens with zero attached hydrogens (tertiary/aromatic N) is 3. The molecule has 1 aliphatic heterocycles. The van der Waals surface area contributed by atoms with Crippen LogP contribution in [0.3, 0.4) is 0 Å². The average molecular weight is 279 g/mol. The van der Waals surface area contributed by atoms with Gasteiger partial charge in [0.15, 0.2) is 5.82 Å². The largest absolute Gasteiger partial charge is 0.481 e. The molecule has 1 aromatic heterocycles. The monoisotopic (exact) mass is 279 g/mol. The SMILES string of the molecule is CC(C)Oc1cncc(N2CCCC(CC(=O)O)C2)n1. The number of rotatable bonds is 5. The van der Waals surface area contributed by atoms with Crippen molar-refractivity contribution in [1.29, 1.82) is 0 Å². The fourth-order valence-corrected chi connectivity index (χ4v) is 2.48. The van der Waals surface area contributed by atoms with E-state index < -0.39 is 5.97 Å². The molecule has 6 nitrogen and oxygen atoms in total. The van der Waals surface area contributed by atoms with Gasteiger partial charge in [-0.05, 0) is 32.6 Å². The van der Waals surface area contributed by atoms with E-state index in [0.29, 0.717) is 12.4 Å². The lowest BCUT2D eigenvalue weighted by Crippen LogP contribution is -2.36. The summed E-state index contributed by atoms with van der Waals surface area (Å²) in [6.07, 6.45) is 5.51. The molecule has 1 unspecified atom stereocenters. The Hall–Kier alpha value is -1.85. The number of hydrogen-bond donors (Lipinski definition) is 1. The highest BCUT2D eigenvalue weighted by molar-refractivity contribution is 5.67. The van der Waals surface area contributed by atoms with E-state index >= 15 is 0 Å². The third-order valence-electron chi connectivity index (χ3n) is 3.26. The summed E-state index contributed by atoms with van der Waals surface area (Å²) in [4.78, 5) is 21.5. The second kappa shape index (κ2) is 6.54. The van der Waals surface area contributed by atoms with E-state index in [0.717, 1.165) is 25.2 Å². The Morgan fingerprint density at radius 2 is 2.35 bits per heavy atom. The Kier molecular flexibility index (Phi) is 4.76. The van der Waals surface area contributed by atoms with Gasteiger partial charge in [-0.1, -0.05) is 0 Å². The second-order valence-electron chi connectivity index (χ2n) is 5.43. The molecule has 0 spiro atoms. The Balaban J connectivity index is 2.04. The summed E-state index contributed by atoms with van der Waals surface area (Å²) in [7, 11) is 0. The molecule has 0 radical (unpaired) electrons. The average Bonchev–Trinajstić information content (AvgIpc) is 2.38. The van der Waals surface area contributed by atoms with Gasteiger partial charge in [0.25, 0.3) is 0 Å². The zero-order valence-corrected chi connectivity index (χ0v) is 12.0. The van der Waals surface area contributed by atoms with E-state index in [9.17, 15) is 4.79 Å². The molecule has 1 aromatic rings. The smallest absolute Gasteiger partial charge is 0.303 e. The van der Waals surface area contributed by atoms with E-state index in [2.05, 4.69) is 14.9 Å². The van der Waals surface area contributed by atoms with E-state index in [4.69, 9.17) is 9.84 Å². The zero-order valence-electron chi connectivity index (χ0n) is 12.0. The Bertz CT molecular complexity index is 465. The number of aliphatic carboxylic acids is 1. The molecule has 2 rings (SSSR count). The van der Waals surface area contributed by atoms with Crippen LogP contribution in [0.5, 0.6) is 5.88 Å². The number of carboxylic acid groups (broad SMARTS) is 1. The number of carboxylic acids is 1. The molecule has 1 aliphatic rings. The zero-order chi connectivity index (χ0) is 14.5. The van der Waals surface area contributed by atoms with Crippen LogP contribution in [0.15, 0.2) is 12.4 Å². The third kappa shape index (κ3) is 4.08. The molecule has 1 fully saturated rings. The Morgan fingerprint density at radius 3 is 3.05 bits per heavy atom. The van der Waals surface area contributed by atoms with Crippen molar-refractivity contribution in [1.82, 2.24) is 9.97 Å². The van der Waals surface area contributed by atoms with Crippen LogP contribution in [-0.2, 0) is 4.79 Å². The molecule has 1 atom stereocenters. The number of anilines is 1. The quantitative estimate of drug-likeness (QED) is 0.888. The lowest BCUT2D eigenvalue weighted by Gasteiger charge is -2.32. The molecule has 2 heterocycles. The van der Waals surface area contributed by atoms with Crippen molar-refractivity contribution in [2.75, 3.05) is 18.0 Å². The van der Waals surface area contributed by atoms with Crippen LogP contribution >= 0.6 is 0 Å². The summed E-state index contributed by atoms with van der Waals surface area (Å²) < 4.78 is 5.54. The first kappa shape index (κ1) is 14.6. The summed E-state index contributed by atoms with van der Waals surface area (Å²) in [5.74, 6) is 0.716. The minimum atomic E-state index is -0.736. The number of piperidine rings is 1. The van der Waals surface area contributed by atoms with Gasteiger partial charge in [-0.3, -0.25) is 9.78 Å². The fourth-order valence-electron chi connectivity index (χ4n) is 2.48. The summed E-state index contributed by atoms with van der Waals surface area (Å²) in [6.45, 7) is 5.48. The fraction of sp³-hybridized carbons (Fsp3) is 0.643. The molecule has 110 valence electrons. The Morgan fingerprint density at radius 1 is 1.55 bits per heavy atom. The second-order valence-corrected chi connectivity index (χ2v) is 5.43. The van der Waals surface area contributed by atoms with Gasteiger partial charge in [-0.15, -0.1) is 0 Å². The molecule has 6 heteroatoms. The minimum Gasteiger partial charge on any atom is -0.481 e. The van der Waals surface area contributed by atoms with Crippen LogP contribution in [0.4, 0.5) is 5.82 Å². The number of ether oxygens (including phenoxy) is 1. The third-order valence-corrected chi connectivity index (χ3v) is 3.26. The van der Waals surface area contributed by atoms with Crippen LogP contribution in [0, 0.1) is 5.92 Å². The van der Waals surface area contributed by atoms with E-state index in [-0.39, 0.29) is 18.4 Å². The van der Waals surface area contributed by atoms with Crippen LogP contribution in [0.2, 0.25) is 0 Å². The predicted molar refractivity (Wildman–Crippen MR) is 75.0 cm³/mol. The van der Waals surface area contributed by atoms with Gasteiger partial charge in [0, 0.05) is 19.5 Å². The van der Waals surface area contributed by atoms with Gasteiger partial charge >= 0.3 is 5.97 Å². The summed E-state index contributed by atoms with van der Waals surface area (Å²) >= 11 is 0. The molecule has 0 saturated carbocycles. The van der Waals surface area contributed by atoms with Gasteiger partial charge in [-0.2, -0.15) is 4.98 Å². The molecule has 0 aliphatic carbocycles. The van der Waals surface area contributed by atoms with Gasteiger partial charge < -0.3 is 14.7 Å². The summed E-state index contributed by atoms with van der Waals surface area (Å²) in [5, 5.41) is 8.90. The van der Waals surface area contributed by atoms with Crippen LogP contribution in [0.25, 0.3) is 0 Å². The van der Waals surface area contributed by atoms with Crippen molar-refractivity contribution >= 4 is 11.8 Å². The molecule has 0 bridgehead atoms. The molecular weight excluding hydrogens is 258 g/mol. The number of carbonyl (C=O) groups is 1. The van der Waals surface area contributed by atoms with E-state index in [1.54, 1.807) is 12.4 Å². The van der Waals surface area contributed by atoms with Crippen LogP contribution in [0.1, 0.15) is 33.1 Å². The van der Waals surface area contributed by atoms with E-state index in [1.807, 2.05) is 13.8 Å². The van der Waals surface area contributed by atoms with Crippen molar-refractivity contribution in [3.63, 3.8) is 0 Å². The molecule has 0 aromatic carbocycles. The molecular formula is C14H21N3O3. The summed E-state index contributed by atoms with van der Waals surface area (Å²) in [6, 6.07) is 0. The highest BCUT2D eigenvalue weighted by atomic mass is 16.5. The van der Waals surface area contributed by atoms with E-state index in [1.165, 1.54) is 0 Å². The van der Waals surface area contributed by atoms with Gasteiger partial charge in [0.1, 0.15) is 0 Å². The first-order valence-corrected chi connectivity index (χ1v) is 7.00. The molecule has 20 heavy (non-hydrogen) atoms. The predicted octanol–water partition coefficient (Wildman–Crippen LogP) is 1.95. The lowest BCUT2D eigenvalue weighted by molar-refractivity contribution is -0.138. The highest BCUT2D eigenvalue weighted by Crippen LogP contribution is 2.24. The standard InChI is InChI=1S/C14H21N3O3/c1-10(2)20-13-8-15-7-12(16-13)17-5-3-4-11(9-17)6-14(18)19/h7-8,10-11H,3-6,9H2,1-2H3,(H,18,19). The first-order chi connectivity index (χ1) is 9.54. The van der Waals surface area contributed by atoms with Gasteiger partial charge in [-0.25, -0.2) is 0 Å². The van der Waals surface area contributed by atoms with Crippen molar-refractivity contribution in [2.45, 2.75) is 39.2 Å². The maximum atomic E-state index is 10.8. The van der Waals surface area contributed by atoms with Crippen LogP contribution < -0.4 is 9.64 Å². The normalized spacial score (nSPS) is 19.1. The van der Waals surface area contributed by atoms with Gasteiger partial charge in [0.2, 0.25) is 5.88 Å². The topological polar surface area (TPSA) is 75.5 Å². The molecule has 1 saturated heterocycles. The Labute approximate surface area is 118 Å². The minimum absolute atomic E-state index is 0.0562.